The van der Waals surface area contributed by atoms with Gasteiger partial charge in [-0.15, -0.1) is 0 Å². The predicted octanol–water partition coefficient (Wildman–Crippen LogP) is 0.175. The summed E-state index contributed by atoms with van der Waals surface area (Å²) in [5.41, 5.74) is 1.43. The van der Waals surface area contributed by atoms with Crippen LogP contribution in [0.5, 0.6) is 0 Å². The van der Waals surface area contributed by atoms with Crippen molar-refractivity contribution in [2.75, 3.05) is 6.54 Å². The van der Waals surface area contributed by atoms with E-state index in [4.69, 9.17) is 0 Å². The molecule has 0 unspecified atom stereocenters. The summed E-state index contributed by atoms with van der Waals surface area (Å²) in [5, 5.41) is -0.0118. The van der Waals surface area contributed by atoms with Crippen LogP contribution in [-0.4, -0.2) is 38.2 Å². The van der Waals surface area contributed by atoms with Crippen LogP contribution in [0.25, 0.3) is 5.65 Å². The highest BCUT2D eigenvalue weighted by Crippen LogP contribution is 2.21. The molecule has 0 spiro atoms. The number of sulfonamides is 1. The Labute approximate surface area is 138 Å². The summed E-state index contributed by atoms with van der Waals surface area (Å²) in [6.07, 6.45) is 4.93. The molecular weight excluding hydrogens is 330 g/mol. The predicted molar refractivity (Wildman–Crippen MR) is 86.0 cm³/mol. The lowest BCUT2D eigenvalue weighted by Gasteiger charge is -2.26. The van der Waals surface area contributed by atoms with Crippen LogP contribution in [0, 0.1) is 0 Å². The van der Waals surface area contributed by atoms with Crippen molar-refractivity contribution in [3.05, 3.63) is 58.5 Å². The first-order valence-electron chi connectivity index (χ1n) is 7.44. The highest BCUT2D eigenvalue weighted by Gasteiger charge is 2.32. The fraction of sp³-hybridized carbons (Fsp3) is 0.267. The van der Waals surface area contributed by atoms with E-state index in [0.717, 1.165) is 0 Å². The van der Waals surface area contributed by atoms with Crippen molar-refractivity contribution >= 4 is 15.7 Å². The number of pyridine rings is 1. The molecule has 4 rings (SSSR count). The Morgan fingerprint density at radius 1 is 1.25 bits per heavy atom. The molecule has 3 aromatic heterocycles. The summed E-state index contributed by atoms with van der Waals surface area (Å²) in [6.45, 7) is 0.291. The standard InChI is InChI=1S/C15H15N5O3S/c1-18-9-14(16-10-18)24(22,23)19-7-5-12-11(8-19)15(21)20-6-3-2-4-13(20)17-12/h2-4,6,9-10H,5,7-8H2,1H3. The molecule has 124 valence electrons. The van der Waals surface area contributed by atoms with E-state index < -0.39 is 10.0 Å². The molecule has 8 nitrogen and oxygen atoms in total. The highest BCUT2D eigenvalue weighted by molar-refractivity contribution is 7.89. The van der Waals surface area contributed by atoms with E-state index in [1.54, 1.807) is 29.9 Å². The van der Waals surface area contributed by atoms with Gasteiger partial charge in [0.2, 0.25) is 0 Å². The van der Waals surface area contributed by atoms with Gasteiger partial charge in [0.05, 0.1) is 17.6 Å². The molecule has 0 saturated heterocycles. The van der Waals surface area contributed by atoms with E-state index in [1.165, 1.54) is 21.2 Å². The number of fused-ring (bicyclic) bond motifs is 2. The van der Waals surface area contributed by atoms with Crippen molar-refractivity contribution in [1.29, 1.82) is 0 Å². The first-order valence-corrected chi connectivity index (χ1v) is 8.88. The maximum Gasteiger partial charge on any atom is 0.262 e. The molecule has 0 bridgehead atoms. The van der Waals surface area contributed by atoms with Crippen molar-refractivity contribution < 1.29 is 8.42 Å². The van der Waals surface area contributed by atoms with Crippen LogP contribution in [-0.2, 0) is 30.0 Å². The third-order valence-corrected chi connectivity index (χ3v) is 5.86. The topological polar surface area (TPSA) is 89.6 Å². The number of hydrogen-bond acceptors (Lipinski definition) is 5. The lowest BCUT2D eigenvalue weighted by Crippen LogP contribution is -2.40. The molecule has 4 heterocycles. The number of aromatic nitrogens is 4. The second kappa shape index (κ2) is 5.25. The van der Waals surface area contributed by atoms with Crippen LogP contribution in [0.2, 0.25) is 0 Å². The first-order chi connectivity index (χ1) is 11.5. The molecule has 0 radical (unpaired) electrons. The number of rotatable bonds is 2. The molecule has 0 N–H and O–H groups in total. The van der Waals surface area contributed by atoms with Crippen LogP contribution in [0.3, 0.4) is 0 Å². The van der Waals surface area contributed by atoms with Gasteiger partial charge in [0.25, 0.3) is 15.6 Å². The summed E-state index contributed by atoms with van der Waals surface area (Å²) in [7, 11) is -2.02. The zero-order valence-corrected chi connectivity index (χ0v) is 13.8. The summed E-state index contributed by atoms with van der Waals surface area (Å²) < 4.78 is 29.7. The van der Waals surface area contributed by atoms with E-state index in [9.17, 15) is 13.2 Å². The average Bonchev–Trinajstić information content (AvgIpc) is 3.02. The molecule has 0 fully saturated rings. The van der Waals surface area contributed by atoms with Gasteiger partial charge < -0.3 is 4.57 Å². The fourth-order valence-corrected chi connectivity index (χ4v) is 4.26. The number of hydrogen-bond donors (Lipinski definition) is 0. The van der Waals surface area contributed by atoms with Crippen molar-refractivity contribution in [1.82, 2.24) is 23.2 Å². The Morgan fingerprint density at radius 2 is 2.08 bits per heavy atom. The minimum Gasteiger partial charge on any atom is -0.339 e. The zero-order valence-electron chi connectivity index (χ0n) is 13.0. The van der Waals surface area contributed by atoms with E-state index in [0.29, 0.717) is 23.3 Å². The highest BCUT2D eigenvalue weighted by atomic mass is 32.2. The molecule has 0 saturated carbocycles. The average molecular weight is 345 g/mol. The van der Waals surface area contributed by atoms with Gasteiger partial charge in [0.15, 0.2) is 5.03 Å². The molecule has 0 atom stereocenters. The Bertz CT molecular complexity index is 1100. The van der Waals surface area contributed by atoms with Gasteiger partial charge in [-0.25, -0.2) is 18.4 Å². The maximum atomic E-state index is 12.7. The molecule has 0 aliphatic carbocycles. The molecule has 0 aromatic carbocycles. The normalized spacial score (nSPS) is 15.5. The van der Waals surface area contributed by atoms with Crippen molar-refractivity contribution in [3.63, 3.8) is 0 Å². The third kappa shape index (κ3) is 2.24. The summed E-state index contributed by atoms with van der Waals surface area (Å²) >= 11 is 0. The van der Waals surface area contributed by atoms with E-state index >= 15 is 0 Å². The lowest BCUT2D eigenvalue weighted by atomic mass is 10.1. The fourth-order valence-electron chi connectivity index (χ4n) is 2.88. The maximum absolute atomic E-state index is 12.7. The van der Waals surface area contributed by atoms with Crippen molar-refractivity contribution in [2.24, 2.45) is 7.05 Å². The van der Waals surface area contributed by atoms with Crippen LogP contribution < -0.4 is 5.56 Å². The Kier molecular flexibility index (Phi) is 3.29. The van der Waals surface area contributed by atoms with Crippen LogP contribution in [0.15, 0.2) is 46.7 Å². The number of nitrogens with zero attached hydrogens (tertiary/aromatic N) is 5. The number of aryl methyl sites for hydroxylation is 1. The quantitative estimate of drug-likeness (QED) is 0.661. The van der Waals surface area contributed by atoms with Crippen LogP contribution in [0.4, 0.5) is 0 Å². The van der Waals surface area contributed by atoms with E-state index in [1.807, 2.05) is 6.07 Å². The molecule has 3 aromatic rings. The van der Waals surface area contributed by atoms with Gasteiger partial charge in [0, 0.05) is 39.0 Å². The van der Waals surface area contributed by atoms with E-state index in [2.05, 4.69) is 9.97 Å². The van der Waals surface area contributed by atoms with Gasteiger partial charge in [-0.2, -0.15) is 4.31 Å². The van der Waals surface area contributed by atoms with Gasteiger partial charge in [0.1, 0.15) is 5.65 Å². The summed E-state index contributed by atoms with van der Waals surface area (Å²) in [5.74, 6) is 0. The van der Waals surface area contributed by atoms with Gasteiger partial charge >= 0.3 is 0 Å². The Balaban J connectivity index is 1.79. The molecule has 24 heavy (non-hydrogen) atoms. The van der Waals surface area contributed by atoms with Gasteiger partial charge in [-0.1, -0.05) is 6.07 Å². The molecule has 0 amide bonds. The van der Waals surface area contributed by atoms with Crippen molar-refractivity contribution in [3.8, 4) is 0 Å². The Hall–Kier alpha value is -2.52. The summed E-state index contributed by atoms with van der Waals surface area (Å²) in [6, 6.07) is 5.32. The SMILES string of the molecule is Cn1cnc(S(=O)(=O)N2CCc3nc4ccccn4c(=O)c3C2)c1. The molecule has 1 aliphatic heterocycles. The Morgan fingerprint density at radius 3 is 2.83 bits per heavy atom. The van der Waals surface area contributed by atoms with Gasteiger partial charge in [-0.3, -0.25) is 9.20 Å². The minimum atomic E-state index is -3.73. The van der Waals surface area contributed by atoms with Gasteiger partial charge in [-0.05, 0) is 12.1 Å². The third-order valence-electron chi connectivity index (χ3n) is 4.13. The summed E-state index contributed by atoms with van der Waals surface area (Å²) in [4.78, 5) is 21.1. The molecule has 1 aliphatic rings. The lowest BCUT2D eigenvalue weighted by molar-refractivity contribution is 0.383. The van der Waals surface area contributed by atoms with Crippen LogP contribution in [0.1, 0.15) is 11.3 Å². The monoisotopic (exact) mass is 345 g/mol. The minimum absolute atomic E-state index is 0.0118. The first kappa shape index (κ1) is 15.0. The largest absolute Gasteiger partial charge is 0.339 e. The smallest absolute Gasteiger partial charge is 0.262 e. The molecule has 9 heteroatoms. The number of imidazole rings is 1. The van der Waals surface area contributed by atoms with E-state index in [-0.39, 0.29) is 23.7 Å². The van der Waals surface area contributed by atoms with Crippen LogP contribution >= 0.6 is 0 Å². The second-order valence-electron chi connectivity index (χ2n) is 5.74. The molecular formula is C15H15N5O3S. The van der Waals surface area contributed by atoms with Crippen molar-refractivity contribution in [2.45, 2.75) is 18.0 Å². The second-order valence-corrected chi connectivity index (χ2v) is 7.62. The zero-order chi connectivity index (χ0) is 16.9.